The van der Waals surface area contributed by atoms with E-state index in [1.807, 2.05) is 30.3 Å². The molecule has 1 heterocycles. The molecular formula is C26H31N4O2. The molecule has 3 N–H and O–H groups in total. The molecule has 6 nitrogen and oxygen atoms in total. The number of amides is 2. The van der Waals surface area contributed by atoms with Gasteiger partial charge in [0.15, 0.2) is 0 Å². The van der Waals surface area contributed by atoms with E-state index in [1.165, 1.54) is 0 Å². The molecule has 0 spiro atoms. The number of benzene rings is 2. The van der Waals surface area contributed by atoms with Crippen LogP contribution in [-0.4, -0.2) is 35.3 Å². The van der Waals surface area contributed by atoms with E-state index in [2.05, 4.69) is 23.5 Å². The van der Waals surface area contributed by atoms with Crippen LogP contribution in [0.25, 0.3) is 10.8 Å². The molecular weight excluding hydrogens is 400 g/mol. The number of nitrogens with zero attached hydrogens (tertiary/aromatic N) is 2. The fourth-order valence-corrected chi connectivity index (χ4v) is 5.20. The molecule has 2 aromatic carbocycles. The van der Waals surface area contributed by atoms with Crippen LogP contribution in [0, 0.1) is 23.2 Å². The predicted molar refractivity (Wildman–Crippen MR) is 124 cm³/mol. The van der Waals surface area contributed by atoms with Crippen molar-refractivity contribution < 1.29 is 9.59 Å². The van der Waals surface area contributed by atoms with Crippen LogP contribution in [0.1, 0.15) is 50.5 Å². The third kappa shape index (κ3) is 4.35. The maximum absolute atomic E-state index is 13.5. The number of rotatable bonds is 7. The number of hydrogen-bond acceptors (Lipinski definition) is 4. The van der Waals surface area contributed by atoms with Crippen molar-refractivity contribution in [2.45, 2.75) is 57.0 Å². The fraction of sp³-hybridized carbons (Fsp3) is 0.462. The molecule has 2 fully saturated rings. The smallest absolute Gasteiger partial charge is 0.228 e. The minimum atomic E-state index is -0.897. The lowest BCUT2D eigenvalue weighted by molar-refractivity contribution is -0.134. The van der Waals surface area contributed by atoms with Gasteiger partial charge in [-0.25, -0.2) is 0 Å². The maximum atomic E-state index is 13.5. The quantitative estimate of drug-likeness (QED) is 0.701. The van der Waals surface area contributed by atoms with Crippen LogP contribution in [0.3, 0.4) is 0 Å². The SMILES string of the molecule is N#CC1(N(Cc2ccc3ccccc3c2)C(=O)[CH]CC2(C(N)=O)CCCCC2)CCNC1. The van der Waals surface area contributed by atoms with E-state index < -0.39 is 11.0 Å². The van der Waals surface area contributed by atoms with Crippen molar-refractivity contribution in [1.82, 2.24) is 10.2 Å². The first-order chi connectivity index (χ1) is 15.5. The largest absolute Gasteiger partial charge is 0.369 e. The van der Waals surface area contributed by atoms with Gasteiger partial charge in [0.2, 0.25) is 11.8 Å². The Kier molecular flexibility index (Phi) is 6.48. The molecule has 4 rings (SSSR count). The topological polar surface area (TPSA) is 99.2 Å². The Morgan fingerprint density at radius 2 is 1.84 bits per heavy atom. The van der Waals surface area contributed by atoms with Gasteiger partial charge in [-0.3, -0.25) is 9.59 Å². The Hall–Kier alpha value is -2.91. The monoisotopic (exact) mass is 431 g/mol. The summed E-state index contributed by atoms with van der Waals surface area (Å²) in [7, 11) is 0. The van der Waals surface area contributed by atoms with E-state index in [0.717, 1.165) is 48.4 Å². The molecule has 1 aliphatic carbocycles. The summed E-state index contributed by atoms with van der Waals surface area (Å²) in [5.41, 5.74) is 5.21. The normalized spacial score (nSPS) is 22.3. The van der Waals surface area contributed by atoms with Gasteiger partial charge in [-0.05, 0) is 54.6 Å². The van der Waals surface area contributed by atoms with Crippen LogP contribution in [0.2, 0.25) is 0 Å². The Balaban J connectivity index is 1.58. The van der Waals surface area contributed by atoms with Gasteiger partial charge in [0, 0.05) is 18.5 Å². The van der Waals surface area contributed by atoms with Crippen LogP contribution in [-0.2, 0) is 16.1 Å². The Morgan fingerprint density at radius 3 is 2.50 bits per heavy atom. The van der Waals surface area contributed by atoms with Crippen LogP contribution in [0.15, 0.2) is 42.5 Å². The Morgan fingerprint density at radius 1 is 1.09 bits per heavy atom. The van der Waals surface area contributed by atoms with Crippen LogP contribution < -0.4 is 11.1 Å². The minimum absolute atomic E-state index is 0.199. The van der Waals surface area contributed by atoms with Crippen molar-refractivity contribution in [3.63, 3.8) is 0 Å². The first-order valence-corrected chi connectivity index (χ1v) is 11.5. The zero-order chi connectivity index (χ0) is 22.6. The molecule has 1 saturated heterocycles. The standard InChI is InChI=1S/C26H31N4O2/c27-18-26(14-15-29-19-26)30(17-20-8-9-21-6-2-3-7-22(21)16-20)23(31)10-13-25(24(28)32)11-4-1-5-12-25/h2-3,6-10,16,29H,1,4-5,11-15,17,19H2,(H2,28,32). The Labute approximate surface area is 189 Å². The van der Waals surface area contributed by atoms with Gasteiger partial charge in [0.25, 0.3) is 0 Å². The summed E-state index contributed by atoms with van der Waals surface area (Å²) in [5.74, 6) is -0.519. The second kappa shape index (κ2) is 9.30. The van der Waals surface area contributed by atoms with E-state index in [1.54, 1.807) is 11.3 Å². The first kappa shape index (κ1) is 22.3. The molecule has 0 bridgehead atoms. The third-order valence-electron chi connectivity index (χ3n) is 7.28. The molecule has 167 valence electrons. The summed E-state index contributed by atoms with van der Waals surface area (Å²) < 4.78 is 0. The average molecular weight is 432 g/mol. The van der Waals surface area contributed by atoms with E-state index in [-0.39, 0.29) is 11.8 Å². The van der Waals surface area contributed by atoms with Gasteiger partial charge in [-0.2, -0.15) is 5.26 Å². The molecule has 6 heteroatoms. The molecule has 2 amide bonds. The van der Waals surface area contributed by atoms with Crippen LogP contribution in [0.5, 0.6) is 0 Å². The molecule has 1 radical (unpaired) electrons. The van der Waals surface area contributed by atoms with Crippen LogP contribution in [0.4, 0.5) is 0 Å². The van der Waals surface area contributed by atoms with Gasteiger partial charge < -0.3 is 16.0 Å². The maximum Gasteiger partial charge on any atom is 0.228 e. The minimum Gasteiger partial charge on any atom is -0.369 e. The van der Waals surface area contributed by atoms with Crippen molar-refractivity contribution in [3.8, 4) is 6.07 Å². The van der Waals surface area contributed by atoms with Gasteiger partial charge in [0.1, 0.15) is 5.54 Å². The number of fused-ring (bicyclic) bond motifs is 1. The molecule has 2 aliphatic rings. The highest BCUT2D eigenvalue weighted by Gasteiger charge is 2.44. The van der Waals surface area contributed by atoms with E-state index in [0.29, 0.717) is 32.5 Å². The highest BCUT2D eigenvalue weighted by Crippen LogP contribution is 2.40. The molecule has 0 aromatic heterocycles. The lowest BCUT2D eigenvalue weighted by Crippen LogP contribution is -2.52. The summed E-state index contributed by atoms with van der Waals surface area (Å²) in [4.78, 5) is 27.5. The lowest BCUT2D eigenvalue weighted by atomic mass is 9.70. The second-order valence-corrected chi connectivity index (χ2v) is 9.29. The molecule has 32 heavy (non-hydrogen) atoms. The van der Waals surface area contributed by atoms with Gasteiger partial charge >= 0.3 is 0 Å². The van der Waals surface area contributed by atoms with E-state index >= 15 is 0 Å². The van der Waals surface area contributed by atoms with E-state index in [9.17, 15) is 14.9 Å². The molecule has 1 atom stereocenters. The van der Waals surface area contributed by atoms with Gasteiger partial charge in [0.05, 0.1) is 12.5 Å². The number of nitriles is 1. The number of nitrogens with one attached hydrogen (secondary N) is 1. The number of hydrogen-bond donors (Lipinski definition) is 2. The summed E-state index contributed by atoms with van der Waals surface area (Å²) in [6, 6.07) is 16.7. The molecule has 1 unspecified atom stereocenters. The highest BCUT2D eigenvalue weighted by atomic mass is 16.2. The second-order valence-electron chi connectivity index (χ2n) is 9.29. The average Bonchev–Trinajstić information content (AvgIpc) is 3.31. The summed E-state index contributed by atoms with van der Waals surface area (Å²) >= 11 is 0. The number of carbonyl (C=O) groups is 2. The number of primary amides is 1. The fourth-order valence-electron chi connectivity index (χ4n) is 5.20. The predicted octanol–water partition coefficient (Wildman–Crippen LogP) is 3.45. The number of carbonyl (C=O) groups excluding carboxylic acids is 2. The first-order valence-electron chi connectivity index (χ1n) is 11.5. The third-order valence-corrected chi connectivity index (χ3v) is 7.28. The lowest BCUT2D eigenvalue weighted by Gasteiger charge is -2.38. The Bertz CT molecular complexity index is 1030. The van der Waals surface area contributed by atoms with Gasteiger partial charge in [-0.15, -0.1) is 0 Å². The van der Waals surface area contributed by atoms with Crippen molar-refractivity contribution in [1.29, 1.82) is 5.26 Å². The summed E-state index contributed by atoms with van der Waals surface area (Å²) in [6.45, 7) is 1.48. The highest BCUT2D eigenvalue weighted by molar-refractivity contribution is 5.88. The number of nitrogens with two attached hydrogens (primary N) is 1. The van der Waals surface area contributed by atoms with Crippen molar-refractivity contribution in [2.24, 2.45) is 11.1 Å². The zero-order valence-corrected chi connectivity index (χ0v) is 18.5. The van der Waals surface area contributed by atoms with Crippen LogP contribution >= 0.6 is 0 Å². The molecule has 1 aliphatic heterocycles. The van der Waals surface area contributed by atoms with Crippen molar-refractivity contribution in [2.75, 3.05) is 13.1 Å². The van der Waals surface area contributed by atoms with Crippen molar-refractivity contribution in [3.05, 3.63) is 54.4 Å². The van der Waals surface area contributed by atoms with Crippen molar-refractivity contribution >= 4 is 22.6 Å². The summed E-state index contributed by atoms with van der Waals surface area (Å²) in [6.07, 6.45) is 6.98. The zero-order valence-electron chi connectivity index (χ0n) is 18.5. The molecule has 2 aromatic rings. The summed E-state index contributed by atoms with van der Waals surface area (Å²) in [5, 5.41) is 15.6. The van der Waals surface area contributed by atoms with E-state index in [4.69, 9.17) is 5.73 Å². The van der Waals surface area contributed by atoms with Gasteiger partial charge in [-0.1, -0.05) is 55.7 Å². The molecule has 1 saturated carbocycles.